The third-order valence-corrected chi connectivity index (χ3v) is 14.9. The van der Waals surface area contributed by atoms with Crippen LogP contribution in [-0.2, 0) is 21.7 Å². The van der Waals surface area contributed by atoms with Gasteiger partial charge in [-0.25, -0.2) is 0 Å². The number of nitrogens with zero attached hydrogens (tertiary/aromatic N) is 3. The van der Waals surface area contributed by atoms with Crippen LogP contribution in [0.15, 0.2) is 164 Å². The molecule has 0 unspecified atom stereocenters. The summed E-state index contributed by atoms with van der Waals surface area (Å²) in [6, 6.07) is 59.3. The first kappa shape index (κ1) is 44.2. The Balaban J connectivity index is 1.37. The van der Waals surface area contributed by atoms with E-state index >= 15 is 0 Å². The molecule has 11 rings (SSSR count). The molecule has 350 valence electrons. The average Bonchev–Trinajstić information content (AvgIpc) is 3.64. The van der Waals surface area contributed by atoms with Crippen molar-refractivity contribution >= 4 is 79.0 Å². The van der Waals surface area contributed by atoms with Crippen molar-refractivity contribution in [1.82, 2.24) is 4.57 Å². The van der Waals surface area contributed by atoms with Gasteiger partial charge in [0.1, 0.15) is 11.5 Å². The molecule has 0 saturated carbocycles. The molecule has 0 radical (unpaired) electrons. The van der Waals surface area contributed by atoms with Gasteiger partial charge in [0.2, 0.25) is 0 Å². The minimum Gasteiger partial charge on any atom is -0.458 e. The van der Waals surface area contributed by atoms with Gasteiger partial charge < -0.3 is 19.1 Å². The van der Waals surface area contributed by atoms with Crippen molar-refractivity contribution in [1.29, 1.82) is 0 Å². The Morgan fingerprint density at radius 2 is 1.03 bits per heavy atom. The van der Waals surface area contributed by atoms with Gasteiger partial charge in [-0.05, 0) is 146 Å². The van der Waals surface area contributed by atoms with Crippen LogP contribution < -0.4 is 30.9 Å². The zero-order valence-electron chi connectivity index (χ0n) is 44.3. The molecule has 0 spiro atoms. The summed E-state index contributed by atoms with van der Waals surface area (Å²) in [6.07, 6.45) is 0. The first-order valence-corrected chi connectivity index (χ1v) is 25.1. The van der Waals surface area contributed by atoms with Crippen LogP contribution in [0, 0.1) is 6.92 Å². The summed E-state index contributed by atoms with van der Waals surface area (Å²) in [6.45, 7) is 29.3. The molecule has 0 bridgehead atoms. The molecule has 3 heterocycles. The first-order valence-electron chi connectivity index (χ1n) is 25.6. The third-order valence-electron chi connectivity index (χ3n) is 14.9. The van der Waals surface area contributed by atoms with Crippen molar-refractivity contribution in [3.05, 3.63) is 192 Å². The summed E-state index contributed by atoms with van der Waals surface area (Å²) in [4.78, 5) is 4.99. The topological polar surface area (TPSA) is 20.6 Å². The second kappa shape index (κ2) is 16.0. The summed E-state index contributed by atoms with van der Waals surface area (Å²) in [5.41, 5.74) is 19.1. The van der Waals surface area contributed by atoms with E-state index in [1.165, 1.54) is 33.3 Å². The Bertz CT molecular complexity index is 3480. The van der Waals surface area contributed by atoms with E-state index in [-0.39, 0.29) is 28.4 Å². The lowest BCUT2D eigenvalue weighted by molar-refractivity contribution is 0.486. The monoisotopic (exact) mass is 917 g/mol. The van der Waals surface area contributed by atoms with Crippen LogP contribution in [0.1, 0.15) is 112 Å². The zero-order valence-corrected chi connectivity index (χ0v) is 43.3. The molecule has 4 nitrogen and oxygen atoms in total. The fourth-order valence-corrected chi connectivity index (χ4v) is 10.9. The van der Waals surface area contributed by atoms with Gasteiger partial charge in [0.25, 0.3) is 6.71 Å². The van der Waals surface area contributed by atoms with Crippen LogP contribution in [0.5, 0.6) is 11.5 Å². The Morgan fingerprint density at radius 3 is 1.60 bits per heavy atom. The number of rotatable bonds is 5. The highest BCUT2D eigenvalue weighted by Crippen LogP contribution is 2.53. The van der Waals surface area contributed by atoms with E-state index in [0.29, 0.717) is 6.04 Å². The lowest BCUT2D eigenvalue weighted by Crippen LogP contribution is -2.60. The standard InChI is InChI=1S/C65H66BN3O/c1-41-21-30-48(31-22-41)68-53-18-15-14-17-50(53)58-55(68)40-52-60(61(58)67(46-32-23-42(24-33-46)62(2,3)4)47-34-25-43(26-35-47)63(5,6)7)69(49-36-27-44(28-37-49)64(8,9)10)54-19-16-20-57-59(54)66(52)51-39-45(65(11,12)13)29-38-56(51)70-57/h14-40H,1-13H3/i16D. The molecule has 0 atom stereocenters. The zero-order chi connectivity index (χ0) is 50.1. The fraction of sp³-hybridized carbons (Fsp3) is 0.262. The molecular formula is C65H66BN3O. The van der Waals surface area contributed by atoms with Crippen molar-refractivity contribution in [3.8, 4) is 17.2 Å². The number of benzene rings is 8. The summed E-state index contributed by atoms with van der Waals surface area (Å²) in [7, 11) is 0. The summed E-state index contributed by atoms with van der Waals surface area (Å²) < 4.78 is 19.0. The van der Waals surface area contributed by atoms with E-state index < -0.39 is 0 Å². The molecular weight excluding hydrogens is 850 g/mol. The molecule has 70 heavy (non-hydrogen) atoms. The van der Waals surface area contributed by atoms with Gasteiger partial charge in [-0.1, -0.05) is 174 Å². The van der Waals surface area contributed by atoms with Gasteiger partial charge in [-0.15, -0.1) is 0 Å². The largest absolute Gasteiger partial charge is 0.458 e. The van der Waals surface area contributed by atoms with Crippen LogP contribution in [0.3, 0.4) is 0 Å². The van der Waals surface area contributed by atoms with Crippen molar-refractivity contribution in [3.63, 3.8) is 0 Å². The molecule has 9 aromatic rings. The number of hydrogen-bond acceptors (Lipinski definition) is 3. The fourth-order valence-electron chi connectivity index (χ4n) is 10.9. The van der Waals surface area contributed by atoms with Crippen LogP contribution in [0.4, 0.5) is 34.1 Å². The minimum absolute atomic E-state index is 0.0356. The molecule has 2 aliphatic heterocycles. The third kappa shape index (κ3) is 7.52. The van der Waals surface area contributed by atoms with Crippen LogP contribution in [0.25, 0.3) is 27.5 Å². The van der Waals surface area contributed by atoms with Gasteiger partial charge >= 0.3 is 0 Å². The van der Waals surface area contributed by atoms with E-state index in [1.807, 2.05) is 6.07 Å². The molecule has 2 aliphatic rings. The summed E-state index contributed by atoms with van der Waals surface area (Å²) in [5.74, 6) is 1.55. The number of anilines is 6. The summed E-state index contributed by atoms with van der Waals surface area (Å²) in [5, 5.41) is 2.31. The Morgan fingerprint density at radius 1 is 0.500 bits per heavy atom. The highest BCUT2D eigenvalue weighted by molar-refractivity contribution is 6.99. The van der Waals surface area contributed by atoms with Crippen molar-refractivity contribution < 1.29 is 6.11 Å². The molecule has 0 fully saturated rings. The molecule has 0 aliphatic carbocycles. The van der Waals surface area contributed by atoms with Crippen LogP contribution in [0.2, 0.25) is 0 Å². The van der Waals surface area contributed by atoms with E-state index in [2.05, 4.69) is 256 Å². The second-order valence-electron chi connectivity index (χ2n) is 24.0. The molecule has 0 amide bonds. The maximum Gasteiger partial charge on any atom is 0.256 e. The Kier molecular flexibility index (Phi) is 10.1. The Labute approximate surface area is 418 Å². The van der Waals surface area contributed by atoms with E-state index in [9.17, 15) is 1.37 Å². The van der Waals surface area contributed by atoms with Crippen molar-refractivity contribution in [2.45, 2.75) is 112 Å². The number of fused-ring (bicyclic) bond motifs is 7. The van der Waals surface area contributed by atoms with Crippen LogP contribution >= 0.6 is 0 Å². The Hall–Kier alpha value is -6.98. The van der Waals surface area contributed by atoms with Gasteiger partial charge in [0.05, 0.1) is 23.8 Å². The van der Waals surface area contributed by atoms with E-state index in [4.69, 9.17) is 4.74 Å². The lowest BCUT2D eigenvalue weighted by Gasteiger charge is -2.43. The number of hydrogen-bond donors (Lipinski definition) is 0. The van der Waals surface area contributed by atoms with Gasteiger partial charge in [-0.2, -0.15) is 0 Å². The molecule has 5 heteroatoms. The molecule has 8 aromatic carbocycles. The normalized spacial score (nSPS) is 13.8. The highest BCUT2D eigenvalue weighted by Gasteiger charge is 2.45. The molecule has 0 N–H and O–H groups in total. The molecule has 0 saturated heterocycles. The predicted octanol–water partition coefficient (Wildman–Crippen LogP) is 16.2. The van der Waals surface area contributed by atoms with Crippen molar-refractivity contribution in [2.24, 2.45) is 0 Å². The number of aryl methyl sites for hydroxylation is 1. The average molecular weight is 917 g/mol. The maximum atomic E-state index is 9.50. The smallest absolute Gasteiger partial charge is 0.256 e. The quantitative estimate of drug-likeness (QED) is 0.161. The van der Waals surface area contributed by atoms with Gasteiger partial charge in [-0.3, -0.25) is 0 Å². The SMILES string of the molecule is [2H]c1cc2c3c(c1)N(c1ccc(C(C)(C)C)cc1)c1c(cc4c(c1N(c1ccc(C(C)(C)C)cc1)c1ccc(C(C)(C)C)cc1)c1ccccc1n4-c1ccc(C)cc1)B3c1cc(C(C)(C)C)ccc1O2. The minimum atomic E-state index is -0.229. The first-order chi connectivity index (χ1) is 33.6. The molecule has 1 aromatic heterocycles. The van der Waals surface area contributed by atoms with E-state index in [1.54, 1.807) is 0 Å². The lowest BCUT2D eigenvalue weighted by atomic mass is 9.34. The second-order valence-corrected chi connectivity index (χ2v) is 24.0. The number of ether oxygens (including phenoxy) is 1. The van der Waals surface area contributed by atoms with Crippen LogP contribution in [-0.4, -0.2) is 11.3 Å². The highest BCUT2D eigenvalue weighted by atomic mass is 16.5. The maximum absolute atomic E-state index is 9.50. The van der Waals surface area contributed by atoms with Crippen molar-refractivity contribution in [2.75, 3.05) is 9.80 Å². The van der Waals surface area contributed by atoms with Gasteiger partial charge in [0, 0.05) is 39.2 Å². The number of para-hydroxylation sites is 1. The summed E-state index contributed by atoms with van der Waals surface area (Å²) >= 11 is 0. The van der Waals surface area contributed by atoms with E-state index in [0.717, 1.165) is 84.0 Å². The predicted molar refractivity (Wildman–Crippen MR) is 301 cm³/mol. The van der Waals surface area contributed by atoms with Gasteiger partial charge in [0.15, 0.2) is 0 Å². The number of aromatic nitrogens is 1.